The van der Waals surface area contributed by atoms with Crippen molar-refractivity contribution in [2.75, 3.05) is 18.4 Å². The topological polar surface area (TPSA) is 117 Å². The van der Waals surface area contributed by atoms with Crippen LogP contribution in [-0.4, -0.2) is 52.9 Å². The molecule has 1 saturated carbocycles. The number of fused-ring (bicyclic) bond motifs is 1. The Morgan fingerprint density at radius 3 is 2.50 bits per heavy atom. The lowest BCUT2D eigenvalue weighted by Gasteiger charge is -2.28. The van der Waals surface area contributed by atoms with Crippen molar-refractivity contribution in [2.45, 2.75) is 50.2 Å². The van der Waals surface area contributed by atoms with Crippen molar-refractivity contribution >= 4 is 17.5 Å². The van der Waals surface area contributed by atoms with Crippen molar-refractivity contribution < 1.29 is 14.5 Å². The Kier molecular flexibility index (Phi) is 5.27. The second-order valence-corrected chi connectivity index (χ2v) is 7.85. The number of carbonyl (C=O) groups is 2. The number of rotatable bonds is 4. The molecule has 3 aliphatic rings. The van der Waals surface area contributed by atoms with Gasteiger partial charge in [-0.1, -0.05) is 0 Å². The van der Waals surface area contributed by atoms with Crippen LogP contribution in [0.15, 0.2) is 24.3 Å². The van der Waals surface area contributed by atoms with Gasteiger partial charge in [-0.2, -0.15) is 0 Å². The number of hydrazine groups is 1. The van der Waals surface area contributed by atoms with Gasteiger partial charge in [-0.05, 0) is 43.5 Å². The van der Waals surface area contributed by atoms with Crippen LogP contribution >= 0.6 is 0 Å². The van der Waals surface area contributed by atoms with Gasteiger partial charge < -0.3 is 10.2 Å². The van der Waals surface area contributed by atoms with E-state index >= 15 is 0 Å². The molecule has 2 amide bonds. The first-order valence-corrected chi connectivity index (χ1v) is 9.87. The first-order valence-electron chi connectivity index (χ1n) is 9.87. The Morgan fingerprint density at radius 1 is 1.11 bits per heavy atom. The SMILES string of the molecule is O=C(Nc1ccc(C(=O)N2CCCC2)cc1)C1NNC2CCC([N+](=O)[O-])CC21. The van der Waals surface area contributed by atoms with Crippen molar-refractivity contribution in [3.63, 3.8) is 0 Å². The van der Waals surface area contributed by atoms with Crippen LogP contribution in [0.4, 0.5) is 5.69 Å². The third-order valence-electron chi connectivity index (χ3n) is 6.10. The minimum Gasteiger partial charge on any atom is -0.339 e. The quantitative estimate of drug-likeness (QED) is 0.527. The van der Waals surface area contributed by atoms with E-state index in [2.05, 4.69) is 16.2 Å². The molecule has 3 fully saturated rings. The molecule has 0 aromatic heterocycles. The lowest BCUT2D eigenvalue weighted by Crippen LogP contribution is -2.44. The maximum Gasteiger partial charge on any atom is 0.253 e. The summed E-state index contributed by atoms with van der Waals surface area (Å²) in [6.07, 6.45) is 3.69. The molecule has 0 bridgehead atoms. The van der Waals surface area contributed by atoms with Gasteiger partial charge in [-0.3, -0.25) is 25.1 Å². The summed E-state index contributed by atoms with van der Waals surface area (Å²) in [5.74, 6) is -0.310. The highest BCUT2D eigenvalue weighted by Gasteiger charge is 2.46. The molecule has 3 N–H and O–H groups in total. The van der Waals surface area contributed by atoms with Crippen LogP contribution in [0.25, 0.3) is 0 Å². The van der Waals surface area contributed by atoms with E-state index < -0.39 is 12.1 Å². The van der Waals surface area contributed by atoms with E-state index in [1.54, 1.807) is 24.3 Å². The van der Waals surface area contributed by atoms with Crippen LogP contribution in [0.3, 0.4) is 0 Å². The van der Waals surface area contributed by atoms with Gasteiger partial charge in [0.2, 0.25) is 11.9 Å². The van der Waals surface area contributed by atoms with Crippen molar-refractivity contribution in [2.24, 2.45) is 5.92 Å². The molecule has 9 nitrogen and oxygen atoms in total. The normalized spacial score (nSPS) is 29.4. The molecule has 4 unspecified atom stereocenters. The zero-order valence-corrected chi connectivity index (χ0v) is 15.6. The Balaban J connectivity index is 1.38. The van der Waals surface area contributed by atoms with Crippen LogP contribution in [-0.2, 0) is 4.79 Å². The number of nitrogens with one attached hydrogen (secondary N) is 3. The third-order valence-corrected chi connectivity index (χ3v) is 6.10. The molecule has 1 aliphatic carbocycles. The molecule has 2 aliphatic heterocycles. The van der Waals surface area contributed by atoms with Crippen LogP contribution < -0.4 is 16.2 Å². The minimum atomic E-state index is -0.589. The molecule has 0 radical (unpaired) electrons. The van der Waals surface area contributed by atoms with Gasteiger partial charge >= 0.3 is 0 Å². The summed E-state index contributed by atoms with van der Waals surface area (Å²) in [6, 6.07) is 5.87. The molecule has 4 atom stereocenters. The van der Waals surface area contributed by atoms with Crippen molar-refractivity contribution in [3.05, 3.63) is 39.9 Å². The highest BCUT2D eigenvalue weighted by molar-refractivity contribution is 5.97. The fourth-order valence-electron chi connectivity index (χ4n) is 4.50. The average Bonchev–Trinajstić information content (AvgIpc) is 3.37. The molecular weight excluding hydrogens is 362 g/mol. The Morgan fingerprint density at radius 2 is 1.82 bits per heavy atom. The Labute approximate surface area is 163 Å². The molecule has 0 spiro atoms. The Hall–Kier alpha value is -2.52. The lowest BCUT2D eigenvalue weighted by atomic mass is 9.79. The highest BCUT2D eigenvalue weighted by Crippen LogP contribution is 2.32. The molecule has 28 heavy (non-hydrogen) atoms. The summed E-state index contributed by atoms with van der Waals surface area (Å²) in [5, 5.41) is 14.0. The van der Waals surface area contributed by atoms with E-state index in [-0.39, 0.29) is 28.7 Å². The molecule has 9 heteroatoms. The van der Waals surface area contributed by atoms with Crippen LogP contribution in [0.1, 0.15) is 42.5 Å². The maximum absolute atomic E-state index is 12.7. The molecule has 150 valence electrons. The van der Waals surface area contributed by atoms with E-state index in [1.165, 1.54) is 0 Å². The van der Waals surface area contributed by atoms with Crippen LogP contribution in [0.5, 0.6) is 0 Å². The first kappa shape index (κ1) is 18.8. The molecule has 1 aromatic rings. The molecule has 2 heterocycles. The standard InChI is InChI=1S/C19H25N5O4/c25-18(17-15-11-14(24(27)28)7-8-16(15)21-22-17)20-13-5-3-12(4-6-13)19(26)23-9-1-2-10-23/h3-6,14-17,21-22H,1-2,7-11H2,(H,20,25). The van der Waals surface area contributed by atoms with Gasteiger partial charge in [0.25, 0.3) is 5.91 Å². The van der Waals surface area contributed by atoms with Crippen molar-refractivity contribution in [1.29, 1.82) is 0 Å². The number of amides is 2. The summed E-state index contributed by atoms with van der Waals surface area (Å²) in [7, 11) is 0. The minimum absolute atomic E-state index is 0.0212. The highest BCUT2D eigenvalue weighted by atomic mass is 16.6. The molecule has 4 rings (SSSR count). The zero-order valence-electron chi connectivity index (χ0n) is 15.6. The van der Waals surface area contributed by atoms with Gasteiger partial charge in [0, 0.05) is 54.1 Å². The fourth-order valence-corrected chi connectivity index (χ4v) is 4.50. The molecule has 1 aromatic carbocycles. The molecule has 2 saturated heterocycles. The number of benzene rings is 1. The largest absolute Gasteiger partial charge is 0.339 e. The van der Waals surface area contributed by atoms with Crippen molar-refractivity contribution in [1.82, 2.24) is 15.8 Å². The number of carbonyl (C=O) groups excluding carboxylic acids is 2. The predicted octanol–water partition coefficient (Wildman–Crippen LogP) is 1.15. The van der Waals surface area contributed by atoms with E-state index in [4.69, 9.17) is 0 Å². The predicted molar refractivity (Wildman–Crippen MR) is 102 cm³/mol. The van der Waals surface area contributed by atoms with Gasteiger partial charge in [-0.25, -0.2) is 5.43 Å². The number of nitro groups is 1. The number of nitrogens with zero attached hydrogens (tertiary/aromatic N) is 2. The lowest BCUT2D eigenvalue weighted by molar-refractivity contribution is -0.528. The van der Waals surface area contributed by atoms with Gasteiger partial charge in [0.1, 0.15) is 6.04 Å². The summed E-state index contributed by atoms with van der Waals surface area (Å²) in [6.45, 7) is 1.59. The van der Waals surface area contributed by atoms with Crippen LogP contribution in [0.2, 0.25) is 0 Å². The fraction of sp³-hybridized carbons (Fsp3) is 0.579. The van der Waals surface area contributed by atoms with Gasteiger partial charge in [0.15, 0.2) is 0 Å². The van der Waals surface area contributed by atoms with Gasteiger partial charge in [-0.15, -0.1) is 0 Å². The summed E-state index contributed by atoms with van der Waals surface area (Å²) in [5.41, 5.74) is 7.32. The second kappa shape index (κ2) is 7.84. The average molecular weight is 387 g/mol. The van der Waals surface area contributed by atoms with Crippen LogP contribution in [0, 0.1) is 16.0 Å². The molecular formula is C19H25N5O4. The number of likely N-dealkylation sites (tertiary alicyclic amines) is 1. The van der Waals surface area contributed by atoms with E-state index in [1.807, 2.05) is 4.90 Å². The summed E-state index contributed by atoms with van der Waals surface area (Å²) >= 11 is 0. The maximum atomic E-state index is 12.7. The van der Waals surface area contributed by atoms with E-state index in [0.717, 1.165) is 25.9 Å². The van der Waals surface area contributed by atoms with E-state index in [9.17, 15) is 19.7 Å². The number of hydrogen-bond donors (Lipinski definition) is 3. The second-order valence-electron chi connectivity index (χ2n) is 7.85. The smallest absolute Gasteiger partial charge is 0.253 e. The monoisotopic (exact) mass is 387 g/mol. The number of hydrogen-bond acceptors (Lipinski definition) is 6. The first-order chi connectivity index (χ1) is 13.5. The number of anilines is 1. The van der Waals surface area contributed by atoms with Gasteiger partial charge in [0.05, 0.1) is 0 Å². The summed E-state index contributed by atoms with van der Waals surface area (Å²) < 4.78 is 0. The van der Waals surface area contributed by atoms with E-state index in [0.29, 0.717) is 30.5 Å². The zero-order chi connectivity index (χ0) is 19.7. The third kappa shape index (κ3) is 3.72. The van der Waals surface area contributed by atoms with Crippen molar-refractivity contribution in [3.8, 4) is 0 Å². The summed E-state index contributed by atoms with van der Waals surface area (Å²) in [4.78, 5) is 37.8. The Bertz CT molecular complexity index is 762.